The number of aromatic nitrogens is 1. The minimum absolute atomic E-state index is 0.0286. The molecule has 0 unspecified atom stereocenters. The molecule has 6 nitrogen and oxygen atoms in total. The van der Waals surface area contributed by atoms with E-state index in [0.29, 0.717) is 12.2 Å². The number of pyridine rings is 1. The van der Waals surface area contributed by atoms with Gasteiger partial charge in [-0.15, -0.1) is 0 Å². The lowest BCUT2D eigenvalue weighted by Gasteiger charge is -2.16. The van der Waals surface area contributed by atoms with Crippen LogP contribution in [0.1, 0.15) is 6.42 Å². The fraction of sp³-hybridized carbons (Fsp3) is 0.500. The summed E-state index contributed by atoms with van der Waals surface area (Å²) < 4.78 is 0. The van der Waals surface area contributed by atoms with E-state index >= 15 is 0 Å². The molecule has 0 saturated carbocycles. The summed E-state index contributed by atoms with van der Waals surface area (Å²) in [6.07, 6.45) is 3.83. The fourth-order valence-corrected chi connectivity index (χ4v) is 2.00. The van der Waals surface area contributed by atoms with Crippen molar-refractivity contribution in [3.05, 3.63) is 28.4 Å². The third-order valence-electron chi connectivity index (χ3n) is 2.16. The summed E-state index contributed by atoms with van der Waals surface area (Å²) in [7, 11) is 0. The van der Waals surface area contributed by atoms with Crippen molar-refractivity contribution in [1.82, 2.24) is 4.98 Å². The molecule has 1 aromatic rings. The van der Waals surface area contributed by atoms with Crippen LogP contribution in [0, 0.1) is 10.1 Å². The first-order valence-corrected chi connectivity index (χ1v) is 6.53. The van der Waals surface area contributed by atoms with Crippen molar-refractivity contribution < 1.29 is 10.0 Å². The molecule has 0 amide bonds. The Kier molecular flexibility index (Phi) is 5.71. The summed E-state index contributed by atoms with van der Waals surface area (Å²) in [5.74, 6) is 1.43. The van der Waals surface area contributed by atoms with Crippen molar-refractivity contribution in [2.24, 2.45) is 0 Å². The number of nitrogens with one attached hydrogen (secondary N) is 1. The number of thioether (sulfide) groups is 1. The molecule has 1 rings (SSSR count). The van der Waals surface area contributed by atoms with E-state index < -0.39 is 4.92 Å². The summed E-state index contributed by atoms with van der Waals surface area (Å²) >= 11 is 1.67. The van der Waals surface area contributed by atoms with E-state index in [1.807, 2.05) is 6.26 Å². The lowest BCUT2D eigenvalue weighted by molar-refractivity contribution is -0.385. The van der Waals surface area contributed by atoms with Crippen molar-refractivity contribution in [2.45, 2.75) is 12.5 Å². The number of rotatable bonds is 7. The second kappa shape index (κ2) is 7.08. The molecule has 17 heavy (non-hydrogen) atoms. The number of aliphatic hydroxyl groups is 1. The molecule has 94 valence electrons. The Hall–Kier alpha value is -1.34. The zero-order valence-corrected chi connectivity index (χ0v) is 10.3. The number of anilines is 1. The third kappa shape index (κ3) is 4.58. The van der Waals surface area contributed by atoms with Gasteiger partial charge in [0.05, 0.1) is 4.92 Å². The Morgan fingerprint density at radius 1 is 1.65 bits per heavy atom. The largest absolute Gasteiger partial charge is 0.396 e. The van der Waals surface area contributed by atoms with Crippen molar-refractivity contribution in [3.8, 4) is 0 Å². The molecule has 0 aliphatic carbocycles. The van der Waals surface area contributed by atoms with Crippen LogP contribution in [0.15, 0.2) is 18.3 Å². The maximum absolute atomic E-state index is 10.4. The van der Waals surface area contributed by atoms with Gasteiger partial charge < -0.3 is 10.4 Å². The van der Waals surface area contributed by atoms with Gasteiger partial charge in [-0.1, -0.05) is 0 Å². The lowest BCUT2D eigenvalue weighted by atomic mass is 10.2. The Morgan fingerprint density at radius 2 is 2.41 bits per heavy atom. The molecule has 0 fully saturated rings. The first-order chi connectivity index (χ1) is 8.17. The van der Waals surface area contributed by atoms with Crippen LogP contribution in [-0.2, 0) is 0 Å². The van der Waals surface area contributed by atoms with E-state index in [1.165, 1.54) is 12.3 Å². The van der Waals surface area contributed by atoms with Gasteiger partial charge in [-0.2, -0.15) is 11.8 Å². The predicted molar refractivity (Wildman–Crippen MR) is 68.4 cm³/mol. The van der Waals surface area contributed by atoms with Crippen molar-refractivity contribution in [3.63, 3.8) is 0 Å². The van der Waals surface area contributed by atoms with Gasteiger partial charge in [0.25, 0.3) is 5.69 Å². The Labute approximate surface area is 104 Å². The van der Waals surface area contributed by atoms with Crippen LogP contribution in [0.3, 0.4) is 0 Å². The van der Waals surface area contributed by atoms with E-state index in [2.05, 4.69) is 10.3 Å². The molecule has 0 saturated heterocycles. The molecule has 1 heterocycles. The van der Waals surface area contributed by atoms with Gasteiger partial charge in [0.15, 0.2) is 0 Å². The monoisotopic (exact) mass is 257 g/mol. The van der Waals surface area contributed by atoms with Gasteiger partial charge >= 0.3 is 0 Å². The molecule has 0 aliphatic heterocycles. The Morgan fingerprint density at radius 3 is 2.88 bits per heavy atom. The summed E-state index contributed by atoms with van der Waals surface area (Å²) in [6, 6.07) is 3.09. The zero-order chi connectivity index (χ0) is 12.7. The lowest BCUT2D eigenvalue weighted by Crippen LogP contribution is -2.24. The van der Waals surface area contributed by atoms with Crippen LogP contribution >= 0.6 is 11.8 Å². The summed E-state index contributed by atoms with van der Waals surface area (Å²) in [6.45, 7) is 0.102. The van der Waals surface area contributed by atoms with Crippen LogP contribution < -0.4 is 5.32 Å². The normalized spacial score (nSPS) is 12.1. The smallest absolute Gasteiger partial charge is 0.287 e. The van der Waals surface area contributed by atoms with Gasteiger partial charge in [0.2, 0.25) is 0 Å². The topological polar surface area (TPSA) is 88.3 Å². The molecule has 1 atom stereocenters. The number of hydrogen-bond acceptors (Lipinski definition) is 6. The number of nitrogens with zero attached hydrogens (tertiary/aromatic N) is 2. The highest BCUT2D eigenvalue weighted by atomic mass is 32.2. The fourth-order valence-electron chi connectivity index (χ4n) is 1.34. The minimum atomic E-state index is -0.482. The summed E-state index contributed by atoms with van der Waals surface area (Å²) in [4.78, 5) is 13.9. The van der Waals surface area contributed by atoms with E-state index in [1.54, 1.807) is 17.8 Å². The molecule has 2 N–H and O–H groups in total. The SMILES string of the molecule is CSC[C@@H](CCO)Nc1ccc([N+](=O)[O-])cn1. The minimum Gasteiger partial charge on any atom is -0.396 e. The molecule has 0 spiro atoms. The van der Waals surface area contributed by atoms with E-state index in [9.17, 15) is 10.1 Å². The van der Waals surface area contributed by atoms with Gasteiger partial charge in [0.1, 0.15) is 12.0 Å². The summed E-state index contributed by atoms with van der Waals surface area (Å²) in [5, 5.41) is 22.5. The van der Waals surface area contributed by atoms with Gasteiger partial charge in [0, 0.05) is 24.5 Å². The van der Waals surface area contributed by atoms with E-state index in [4.69, 9.17) is 5.11 Å². The predicted octanol–water partition coefficient (Wildman–Crippen LogP) is 1.52. The molecule has 0 radical (unpaired) electrons. The highest BCUT2D eigenvalue weighted by Crippen LogP contribution is 2.14. The van der Waals surface area contributed by atoms with Crippen LogP contribution in [0.25, 0.3) is 0 Å². The Bertz CT molecular complexity index is 352. The molecule has 1 aromatic heterocycles. The van der Waals surface area contributed by atoms with Gasteiger partial charge in [-0.05, 0) is 18.7 Å². The number of aliphatic hydroxyl groups excluding tert-OH is 1. The van der Waals surface area contributed by atoms with Crippen LogP contribution in [0.5, 0.6) is 0 Å². The zero-order valence-electron chi connectivity index (χ0n) is 9.50. The molecule has 0 aromatic carbocycles. The average molecular weight is 257 g/mol. The van der Waals surface area contributed by atoms with Gasteiger partial charge in [-0.3, -0.25) is 10.1 Å². The molecule has 7 heteroatoms. The van der Waals surface area contributed by atoms with Crippen molar-refractivity contribution in [1.29, 1.82) is 0 Å². The standard InChI is InChI=1S/C10H15N3O3S/c1-17-7-8(4-5-14)12-10-3-2-9(6-11-10)13(15)16/h2-3,6,8,14H,4-5,7H2,1H3,(H,11,12)/t8-/m1/s1. The van der Waals surface area contributed by atoms with Crippen LogP contribution in [-0.4, -0.2) is 39.7 Å². The average Bonchev–Trinajstić information content (AvgIpc) is 2.30. The molecular weight excluding hydrogens is 242 g/mol. The first-order valence-electron chi connectivity index (χ1n) is 5.14. The molecular formula is C10H15N3O3S. The third-order valence-corrected chi connectivity index (χ3v) is 2.89. The van der Waals surface area contributed by atoms with E-state index in [-0.39, 0.29) is 18.3 Å². The maximum atomic E-state index is 10.4. The highest BCUT2D eigenvalue weighted by Gasteiger charge is 2.10. The second-order valence-corrected chi connectivity index (χ2v) is 4.38. The maximum Gasteiger partial charge on any atom is 0.287 e. The van der Waals surface area contributed by atoms with Gasteiger partial charge in [-0.25, -0.2) is 4.98 Å². The summed E-state index contributed by atoms with van der Waals surface area (Å²) in [5.41, 5.74) is -0.0286. The highest BCUT2D eigenvalue weighted by molar-refractivity contribution is 7.98. The number of nitro groups is 1. The molecule has 0 aliphatic rings. The molecule has 0 bridgehead atoms. The quantitative estimate of drug-likeness (QED) is 0.568. The van der Waals surface area contributed by atoms with Crippen molar-refractivity contribution in [2.75, 3.05) is 23.9 Å². The first kappa shape index (κ1) is 13.7. The van der Waals surface area contributed by atoms with Crippen LogP contribution in [0.4, 0.5) is 11.5 Å². The van der Waals surface area contributed by atoms with E-state index in [0.717, 1.165) is 5.75 Å². The van der Waals surface area contributed by atoms with Crippen LogP contribution in [0.2, 0.25) is 0 Å². The number of hydrogen-bond donors (Lipinski definition) is 2. The Balaban J connectivity index is 2.62. The second-order valence-electron chi connectivity index (χ2n) is 3.47. The van der Waals surface area contributed by atoms with Crippen molar-refractivity contribution >= 4 is 23.3 Å².